The first-order valence-corrected chi connectivity index (χ1v) is 9.85. The predicted octanol–water partition coefficient (Wildman–Crippen LogP) is 4.37. The summed E-state index contributed by atoms with van der Waals surface area (Å²) in [7, 11) is 0. The minimum absolute atomic E-state index is 0.0849. The van der Waals surface area contributed by atoms with Crippen molar-refractivity contribution in [3.8, 4) is 17.2 Å². The van der Waals surface area contributed by atoms with Gasteiger partial charge < -0.3 is 5.32 Å². The first kappa shape index (κ1) is 18.2. The van der Waals surface area contributed by atoms with Crippen molar-refractivity contribution in [2.24, 2.45) is 0 Å². The van der Waals surface area contributed by atoms with Crippen LogP contribution < -0.4 is 5.32 Å². The summed E-state index contributed by atoms with van der Waals surface area (Å²) < 4.78 is 0. The molecule has 2 aromatic carbocycles. The molecule has 28 heavy (non-hydrogen) atoms. The van der Waals surface area contributed by atoms with E-state index < -0.39 is 5.54 Å². The fourth-order valence-corrected chi connectivity index (χ4v) is 4.30. The maximum absolute atomic E-state index is 13.0. The van der Waals surface area contributed by atoms with Crippen molar-refractivity contribution >= 4 is 11.9 Å². The Hall–Kier alpha value is -3.13. The molecule has 142 valence electrons. The molecule has 1 heterocycles. The summed E-state index contributed by atoms with van der Waals surface area (Å²) in [4.78, 5) is 26.9. The Morgan fingerprint density at radius 2 is 1.64 bits per heavy atom. The maximum atomic E-state index is 13.0. The molecule has 3 amide bonds. The van der Waals surface area contributed by atoms with Gasteiger partial charge in [-0.2, -0.15) is 5.26 Å². The van der Waals surface area contributed by atoms with E-state index in [9.17, 15) is 14.9 Å². The zero-order valence-corrected chi connectivity index (χ0v) is 15.8. The lowest BCUT2D eigenvalue weighted by Crippen LogP contribution is -2.46. The number of hydrogen-bond donors (Lipinski definition) is 1. The third-order valence-electron chi connectivity index (χ3n) is 5.86. The van der Waals surface area contributed by atoms with Crippen molar-refractivity contribution in [1.82, 2.24) is 10.2 Å². The van der Waals surface area contributed by atoms with E-state index >= 15 is 0 Å². The largest absolute Gasteiger partial charge is 0.325 e. The lowest BCUT2D eigenvalue weighted by molar-refractivity contribution is -0.132. The van der Waals surface area contributed by atoms with Gasteiger partial charge in [0.25, 0.3) is 5.91 Å². The summed E-state index contributed by atoms with van der Waals surface area (Å²) in [5.74, 6) is -0.0849. The normalized spacial score (nSPS) is 18.6. The highest BCUT2D eigenvalue weighted by Crippen LogP contribution is 2.33. The zero-order chi connectivity index (χ0) is 19.6. The van der Waals surface area contributed by atoms with Gasteiger partial charge >= 0.3 is 6.03 Å². The molecule has 1 aliphatic carbocycles. The van der Waals surface area contributed by atoms with E-state index in [1.807, 2.05) is 42.5 Å². The van der Waals surface area contributed by atoms with Gasteiger partial charge in [0.2, 0.25) is 0 Å². The second-order valence-corrected chi connectivity index (χ2v) is 7.67. The SMILES string of the molecule is N#Cc1ccccc1-c1ccc(CN2C(=O)NC3(CCCCCC3)C2=O)cc1. The molecule has 0 radical (unpaired) electrons. The molecule has 5 nitrogen and oxygen atoms in total. The molecular weight excluding hydrogens is 350 g/mol. The lowest BCUT2D eigenvalue weighted by atomic mass is 9.90. The highest BCUT2D eigenvalue weighted by atomic mass is 16.2. The van der Waals surface area contributed by atoms with Crippen LogP contribution in [0, 0.1) is 11.3 Å². The average Bonchev–Trinajstić information content (AvgIpc) is 2.88. The Morgan fingerprint density at radius 3 is 2.32 bits per heavy atom. The molecule has 1 spiro atoms. The summed E-state index contributed by atoms with van der Waals surface area (Å²) in [6.07, 6.45) is 5.67. The number of nitriles is 1. The van der Waals surface area contributed by atoms with E-state index in [0.717, 1.165) is 55.2 Å². The highest BCUT2D eigenvalue weighted by molar-refractivity contribution is 6.07. The Kier molecular flexibility index (Phi) is 4.87. The van der Waals surface area contributed by atoms with E-state index in [4.69, 9.17) is 0 Å². The average molecular weight is 373 g/mol. The van der Waals surface area contributed by atoms with Crippen molar-refractivity contribution in [2.45, 2.75) is 50.6 Å². The molecular formula is C23H23N3O2. The number of imide groups is 1. The number of benzene rings is 2. The second-order valence-electron chi connectivity index (χ2n) is 7.67. The number of carbonyl (C=O) groups excluding carboxylic acids is 2. The second kappa shape index (κ2) is 7.47. The topological polar surface area (TPSA) is 73.2 Å². The predicted molar refractivity (Wildman–Crippen MR) is 106 cm³/mol. The third kappa shape index (κ3) is 3.27. The minimum Gasteiger partial charge on any atom is -0.323 e. The number of nitrogens with zero attached hydrogens (tertiary/aromatic N) is 2. The standard InChI is InChI=1S/C23H23N3O2/c24-15-19-7-3-4-8-20(19)18-11-9-17(10-12-18)16-26-21(27)23(25-22(26)28)13-5-1-2-6-14-23/h3-4,7-12H,1-2,5-6,13-14,16H2,(H,25,28). The van der Waals surface area contributed by atoms with Crippen LogP contribution in [0.2, 0.25) is 0 Å². The monoisotopic (exact) mass is 373 g/mol. The lowest BCUT2D eigenvalue weighted by Gasteiger charge is -2.24. The van der Waals surface area contributed by atoms with Crippen LogP contribution in [0.3, 0.4) is 0 Å². The molecule has 2 fully saturated rings. The molecule has 1 saturated heterocycles. The Morgan fingerprint density at radius 1 is 0.964 bits per heavy atom. The summed E-state index contributed by atoms with van der Waals surface area (Å²) in [5, 5.41) is 12.3. The van der Waals surface area contributed by atoms with Gasteiger partial charge in [0.05, 0.1) is 18.2 Å². The van der Waals surface area contributed by atoms with Crippen molar-refractivity contribution in [3.05, 3.63) is 59.7 Å². The van der Waals surface area contributed by atoms with Crippen molar-refractivity contribution in [3.63, 3.8) is 0 Å². The quantitative estimate of drug-likeness (QED) is 0.812. The van der Waals surface area contributed by atoms with Gasteiger partial charge in [-0.25, -0.2) is 4.79 Å². The van der Waals surface area contributed by atoms with Crippen LogP contribution in [0.4, 0.5) is 4.79 Å². The van der Waals surface area contributed by atoms with Crippen LogP contribution in [-0.2, 0) is 11.3 Å². The Bertz CT molecular complexity index is 935. The van der Waals surface area contributed by atoms with Crippen molar-refractivity contribution in [1.29, 1.82) is 5.26 Å². The van der Waals surface area contributed by atoms with Crippen LogP contribution in [0.25, 0.3) is 11.1 Å². The molecule has 4 rings (SSSR count). The van der Waals surface area contributed by atoms with Crippen molar-refractivity contribution < 1.29 is 9.59 Å². The number of amides is 3. The Labute approximate surface area is 165 Å². The molecule has 0 bridgehead atoms. The summed E-state index contributed by atoms with van der Waals surface area (Å²) in [6.45, 7) is 0.270. The first-order valence-electron chi connectivity index (χ1n) is 9.85. The van der Waals surface area contributed by atoms with E-state index in [-0.39, 0.29) is 18.5 Å². The minimum atomic E-state index is -0.695. The van der Waals surface area contributed by atoms with Gasteiger partial charge in [-0.3, -0.25) is 9.69 Å². The molecule has 0 unspecified atom stereocenters. The van der Waals surface area contributed by atoms with Gasteiger partial charge in [-0.15, -0.1) is 0 Å². The molecule has 2 aromatic rings. The molecule has 1 N–H and O–H groups in total. The smallest absolute Gasteiger partial charge is 0.323 e. The van der Waals surface area contributed by atoms with E-state index in [0.29, 0.717) is 5.56 Å². The van der Waals surface area contributed by atoms with Crippen LogP contribution in [0.15, 0.2) is 48.5 Å². The number of hydrogen-bond acceptors (Lipinski definition) is 3. The van der Waals surface area contributed by atoms with Gasteiger partial charge in [0.15, 0.2) is 0 Å². The zero-order valence-electron chi connectivity index (χ0n) is 15.8. The van der Waals surface area contributed by atoms with Gasteiger partial charge in [-0.05, 0) is 35.6 Å². The van der Waals surface area contributed by atoms with E-state index in [1.54, 1.807) is 6.07 Å². The molecule has 5 heteroatoms. The molecule has 1 aliphatic heterocycles. The van der Waals surface area contributed by atoms with Crippen LogP contribution >= 0.6 is 0 Å². The molecule has 0 aromatic heterocycles. The summed E-state index contributed by atoms with van der Waals surface area (Å²) in [6, 6.07) is 17.1. The summed E-state index contributed by atoms with van der Waals surface area (Å²) >= 11 is 0. The number of carbonyl (C=O) groups is 2. The fraction of sp³-hybridized carbons (Fsp3) is 0.348. The van der Waals surface area contributed by atoms with Gasteiger partial charge in [0, 0.05) is 0 Å². The van der Waals surface area contributed by atoms with Crippen molar-refractivity contribution in [2.75, 3.05) is 0 Å². The summed E-state index contributed by atoms with van der Waals surface area (Å²) in [5.41, 5.74) is 2.65. The first-order chi connectivity index (χ1) is 13.6. The molecule has 1 saturated carbocycles. The maximum Gasteiger partial charge on any atom is 0.325 e. The van der Waals surface area contributed by atoms with Gasteiger partial charge in [-0.1, -0.05) is 68.1 Å². The fourth-order valence-electron chi connectivity index (χ4n) is 4.30. The van der Waals surface area contributed by atoms with Gasteiger partial charge in [0.1, 0.15) is 5.54 Å². The molecule has 2 aliphatic rings. The van der Waals surface area contributed by atoms with Crippen LogP contribution in [0.5, 0.6) is 0 Å². The number of urea groups is 1. The van der Waals surface area contributed by atoms with E-state index in [1.165, 1.54) is 4.90 Å². The highest BCUT2D eigenvalue weighted by Gasteiger charge is 2.50. The number of nitrogens with one attached hydrogen (secondary N) is 1. The van der Waals surface area contributed by atoms with Crippen LogP contribution in [-0.4, -0.2) is 22.4 Å². The number of rotatable bonds is 3. The van der Waals surface area contributed by atoms with Crippen LogP contribution in [0.1, 0.15) is 49.7 Å². The third-order valence-corrected chi connectivity index (χ3v) is 5.86. The van der Waals surface area contributed by atoms with E-state index in [2.05, 4.69) is 11.4 Å². The Balaban J connectivity index is 1.52. The molecule has 0 atom stereocenters.